The topological polar surface area (TPSA) is 46.5 Å². The molecule has 0 atom stereocenters. The summed E-state index contributed by atoms with van der Waals surface area (Å²) in [6.07, 6.45) is 0.315. The number of ether oxygens (including phenoxy) is 1. The van der Waals surface area contributed by atoms with Crippen LogP contribution in [0.1, 0.15) is 18.9 Å². The van der Waals surface area contributed by atoms with E-state index in [-0.39, 0.29) is 11.7 Å². The molecule has 0 bridgehead atoms. The molecule has 0 unspecified atom stereocenters. The lowest BCUT2D eigenvalue weighted by molar-refractivity contribution is -0.134. The predicted molar refractivity (Wildman–Crippen MR) is 64.2 cm³/mol. The number of halogens is 2. The third kappa shape index (κ3) is 2.72. The first-order valence-electron chi connectivity index (χ1n) is 4.35. The molecule has 1 aromatic rings. The van der Waals surface area contributed by atoms with Crippen LogP contribution in [0.5, 0.6) is 11.5 Å². The number of esters is 1. The average molecular weight is 338 g/mol. The molecule has 0 saturated heterocycles. The van der Waals surface area contributed by atoms with Gasteiger partial charge >= 0.3 is 5.97 Å². The molecule has 0 amide bonds. The molecule has 0 heterocycles. The van der Waals surface area contributed by atoms with Gasteiger partial charge in [0.25, 0.3) is 0 Å². The Kier molecular flexibility index (Phi) is 4.16. The number of rotatable bonds is 2. The second kappa shape index (κ2) is 4.99. The van der Waals surface area contributed by atoms with Crippen LogP contribution < -0.4 is 4.74 Å². The lowest BCUT2D eigenvalue weighted by atomic mass is 10.2. The van der Waals surface area contributed by atoms with Crippen molar-refractivity contribution in [1.29, 1.82) is 0 Å². The van der Waals surface area contributed by atoms with E-state index in [2.05, 4.69) is 31.9 Å². The first-order chi connectivity index (χ1) is 6.97. The molecule has 0 aliphatic rings. The fraction of sp³-hybridized carbons (Fsp3) is 0.300. The van der Waals surface area contributed by atoms with Gasteiger partial charge in [-0.25, -0.2) is 0 Å². The zero-order chi connectivity index (χ0) is 11.6. The molecule has 1 rings (SSSR count). The van der Waals surface area contributed by atoms with Crippen LogP contribution in [0.15, 0.2) is 15.0 Å². The molecule has 82 valence electrons. The van der Waals surface area contributed by atoms with Gasteiger partial charge in [-0.2, -0.15) is 0 Å². The molecule has 0 spiro atoms. The minimum Gasteiger partial charge on any atom is -0.506 e. The molecule has 0 aromatic heterocycles. The highest BCUT2D eigenvalue weighted by Gasteiger charge is 2.14. The summed E-state index contributed by atoms with van der Waals surface area (Å²) in [5.74, 6) is 0.241. The standard InChI is InChI=1S/C10H10Br2O3/c1-3-8(13)15-7-4-6(11)10(14)9(12)5(7)2/h4,14H,3H2,1-2H3. The first-order valence-corrected chi connectivity index (χ1v) is 5.94. The van der Waals surface area contributed by atoms with E-state index in [4.69, 9.17) is 4.74 Å². The highest BCUT2D eigenvalue weighted by Crippen LogP contribution is 2.40. The Morgan fingerprint density at radius 1 is 1.53 bits per heavy atom. The van der Waals surface area contributed by atoms with E-state index in [1.54, 1.807) is 19.9 Å². The van der Waals surface area contributed by atoms with Crippen molar-refractivity contribution < 1.29 is 14.6 Å². The zero-order valence-corrected chi connectivity index (χ0v) is 11.5. The maximum atomic E-state index is 11.1. The fourth-order valence-electron chi connectivity index (χ4n) is 0.983. The summed E-state index contributed by atoms with van der Waals surface area (Å²) in [4.78, 5) is 11.1. The number of benzene rings is 1. The second-order valence-corrected chi connectivity index (χ2v) is 4.62. The van der Waals surface area contributed by atoms with Crippen molar-refractivity contribution >= 4 is 37.8 Å². The monoisotopic (exact) mass is 336 g/mol. The van der Waals surface area contributed by atoms with Gasteiger partial charge in [-0.3, -0.25) is 4.79 Å². The zero-order valence-electron chi connectivity index (χ0n) is 8.30. The van der Waals surface area contributed by atoms with Crippen molar-refractivity contribution in [1.82, 2.24) is 0 Å². The minimum absolute atomic E-state index is 0.101. The van der Waals surface area contributed by atoms with Gasteiger partial charge in [-0.1, -0.05) is 6.92 Å². The van der Waals surface area contributed by atoms with Crippen LogP contribution in [0.2, 0.25) is 0 Å². The molecular formula is C10H10Br2O3. The van der Waals surface area contributed by atoms with Gasteiger partial charge in [0.2, 0.25) is 0 Å². The Balaban J connectivity index is 3.15. The van der Waals surface area contributed by atoms with Gasteiger partial charge < -0.3 is 9.84 Å². The van der Waals surface area contributed by atoms with E-state index in [1.165, 1.54) is 0 Å². The number of carbonyl (C=O) groups is 1. The summed E-state index contributed by atoms with van der Waals surface area (Å²) in [6.45, 7) is 3.48. The third-order valence-electron chi connectivity index (χ3n) is 1.90. The fourth-order valence-corrected chi connectivity index (χ4v) is 2.06. The quantitative estimate of drug-likeness (QED) is 0.663. The van der Waals surface area contributed by atoms with Gasteiger partial charge in [-0.05, 0) is 44.8 Å². The van der Waals surface area contributed by atoms with Crippen molar-refractivity contribution in [2.24, 2.45) is 0 Å². The van der Waals surface area contributed by atoms with E-state index in [0.717, 1.165) is 0 Å². The molecule has 0 fully saturated rings. The van der Waals surface area contributed by atoms with Crippen LogP contribution in [0.4, 0.5) is 0 Å². The van der Waals surface area contributed by atoms with E-state index in [0.29, 0.717) is 26.7 Å². The molecule has 0 aliphatic heterocycles. The number of carbonyl (C=O) groups excluding carboxylic acids is 1. The Morgan fingerprint density at radius 2 is 2.13 bits per heavy atom. The van der Waals surface area contributed by atoms with Gasteiger partial charge in [0.1, 0.15) is 11.5 Å². The number of hydrogen-bond donors (Lipinski definition) is 1. The van der Waals surface area contributed by atoms with Crippen LogP contribution in [-0.2, 0) is 4.79 Å². The molecule has 5 heteroatoms. The molecule has 3 nitrogen and oxygen atoms in total. The average Bonchev–Trinajstić information content (AvgIpc) is 2.22. The lowest BCUT2D eigenvalue weighted by Crippen LogP contribution is -2.06. The van der Waals surface area contributed by atoms with Gasteiger partial charge in [0.05, 0.1) is 8.95 Å². The van der Waals surface area contributed by atoms with Crippen LogP contribution >= 0.6 is 31.9 Å². The Hall–Kier alpha value is -0.550. The summed E-state index contributed by atoms with van der Waals surface area (Å²) < 4.78 is 6.11. The number of phenols is 1. The third-order valence-corrected chi connectivity index (χ3v) is 3.48. The summed E-state index contributed by atoms with van der Waals surface area (Å²) in [5, 5.41) is 9.57. The lowest BCUT2D eigenvalue weighted by Gasteiger charge is -2.10. The Labute approximate surface area is 105 Å². The van der Waals surface area contributed by atoms with Crippen LogP contribution in [0.25, 0.3) is 0 Å². The minimum atomic E-state index is -0.303. The van der Waals surface area contributed by atoms with Crippen LogP contribution in [-0.4, -0.2) is 11.1 Å². The maximum absolute atomic E-state index is 11.1. The SMILES string of the molecule is CCC(=O)Oc1cc(Br)c(O)c(Br)c1C. The summed E-state index contributed by atoms with van der Waals surface area (Å²) in [7, 11) is 0. The van der Waals surface area contributed by atoms with Crippen molar-refractivity contribution in [3.8, 4) is 11.5 Å². The van der Waals surface area contributed by atoms with E-state index < -0.39 is 0 Å². The largest absolute Gasteiger partial charge is 0.506 e. The smallest absolute Gasteiger partial charge is 0.310 e. The number of hydrogen-bond acceptors (Lipinski definition) is 3. The first kappa shape index (κ1) is 12.5. The predicted octanol–water partition coefficient (Wildman–Crippen LogP) is 3.54. The van der Waals surface area contributed by atoms with Crippen LogP contribution in [0.3, 0.4) is 0 Å². The second-order valence-electron chi connectivity index (χ2n) is 2.97. The molecule has 15 heavy (non-hydrogen) atoms. The highest BCUT2D eigenvalue weighted by atomic mass is 79.9. The Bertz CT molecular complexity index is 402. The van der Waals surface area contributed by atoms with Crippen molar-refractivity contribution in [2.75, 3.05) is 0 Å². The Morgan fingerprint density at radius 3 is 2.67 bits per heavy atom. The van der Waals surface area contributed by atoms with Crippen molar-refractivity contribution in [3.63, 3.8) is 0 Å². The van der Waals surface area contributed by atoms with Gasteiger partial charge in [-0.15, -0.1) is 0 Å². The molecule has 1 aromatic carbocycles. The van der Waals surface area contributed by atoms with E-state index >= 15 is 0 Å². The number of aromatic hydroxyl groups is 1. The van der Waals surface area contributed by atoms with Gasteiger partial charge in [0.15, 0.2) is 0 Å². The molecular weight excluding hydrogens is 328 g/mol. The summed E-state index contributed by atoms with van der Waals surface area (Å²) in [5.41, 5.74) is 0.692. The summed E-state index contributed by atoms with van der Waals surface area (Å²) in [6, 6.07) is 1.57. The van der Waals surface area contributed by atoms with Crippen LogP contribution in [0, 0.1) is 6.92 Å². The molecule has 0 aliphatic carbocycles. The highest BCUT2D eigenvalue weighted by molar-refractivity contribution is 9.11. The molecule has 0 radical (unpaired) electrons. The van der Waals surface area contributed by atoms with Crippen molar-refractivity contribution in [2.45, 2.75) is 20.3 Å². The van der Waals surface area contributed by atoms with Gasteiger partial charge in [0, 0.05) is 12.0 Å². The normalized spacial score (nSPS) is 10.1. The van der Waals surface area contributed by atoms with Crippen molar-refractivity contribution in [3.05, 3.63) is 20.6 Å². The number of phenolic OH excluding ortho intramolecular Hbond substituents is 1. The maximum Gasteiger partial charge on any atom is 0.310 e. The van der Waals surface area contributed by atoms with E-state index in [9.17, 15) is 9.90 Å². The summed E-state index contributed by atoms with van der Waals surface area (Å²) >= 11 is 6.39. The molecule has 0 saturated carbocycles. The molecule has 1 N–H and O–H groups in total. The van der Waals surface area contributed by atoms with E-state index in [1.807, 2.05) is 0 Å².